The molecule has 6 nitrogen and oxygen atoms in total. The quantitative estimate of drug-likeness (QED) is 0.640. The zero-order chi connectivity index (χ0) is 18.5. The summed E-state index contributed by atoms with van der Waals surface area (Å²) in [5.74, 6) is 2.43. The van der Waals surface area contributed by atoms with E-state index in [2.05, 4.69) is 20.6 Å². The predicted molar refractivity (Wildman–Crippen MR) is 104 cm³/mol. The van der Waals surface area contributed by atoms with Crippen molar-refractivity contribution < 1.29 is 9.47 Å². The van der Waals surface area contributed by atoms with E-state index in [1.54, 1.807) is 32.5 Å². The average Bonchev–Trinajstić information content (AvgIpc) is 2.65. The Morgan fingerprint density at radius 3 is 2.54 bits per heavy atom. The molecule has 0 bridgehead atoms. The minimum absolute atomic E-state index is 0.441. The molecule has 2 N–H and O–H groups in total. The van der Waals surface area contributed by atoms with Crippen LogP contribution in [0.1, 0.15) is 5.56 Å². The number of hydrogen-bond donors (Lipinski definition) is 2. The average molecular weight is 371 g/mol. The molecule has 0 aliphatic heterocycles. The number of aromatic nitrogens is 2. The van der Waals surface area contributed by atoms with E-state index >= 15 is 0 Å². The zero-order valence-corrected chi connectivity index (χ0v) is 15.5. The molecule has 2 aromatic carbocycles. The van der Waals surface area contributed by atoms with Crippen LogP contribution in [0.3, 0.4) is 0 Å². The third kappa shape index (κ3) is 4.15. The van der Waals surface area contributed by atoms with Crippen LogP contribution in [-0.2, 0) is 0 Å². The molecule has 7 heteroatoms. The van der Waals surface area contributed by atoms with Crippen molar-refractivity contribution >= 4 is 34.7 Å². The highest BCUT2D eigenvalue weighted by atomic mass is 35.5. The van der Waals surface area contributed by atoms with E-state index in [9.17, 15) is 0 Å². The van der Waals surface area contributed by atoms with E-state index < -0.39 is 0 Å². The van der Waals surface area contributed by atoms with Crippen LogP contribution in [0.4, 0.5) is 23.1 Å². The Morgan fingerprint density at radius 2 is 1.81 bits per heavy atom. The van der Waals surface area contributed by atoms with Crippen LogP contribution in [0.2, 0.25) is 5.02 Å². The van der Waals surface area contributed by atoms with E-state index in [0.29, 0.717) is 28.3 Å². The van der Waals surface area contributed by atoms with Gasteiger partial charge in [0, 0.05) is 23.0 Å². The van der Waals surface area contributed by atoms with Crippen LogP contribution in [-0.4, -0.2) is 24.2 Å². The Kier molecular flexibility index (Phi) is 5.43. The first kappa shape index (κ1) is 17.8. The third-order valence-electron chi connectivity index (χ3n) is 3.75. The highest BCUT2D eigenvalue weighted by Gasteiger charge is 2.08. The largest absolute Gasteiger partial charge is 0.497 e. The van der Waals surface area contributed by atoms with Crippen molar-refractivity contribution in [3.05, 3.63) is 59.2 Å². The van der Waals surface area contributed by atoms with E-state index in [-0.39, 0.29) is 0 Å². The lowest BCUT2D eigenvalue weighted by Crippen LogP contribution is -2.02. The molecule has 0 unspecified atom stereocenters. The number of anilines is 4. The number of halogens is 1. The van der Waals surface area contributed by atoms with Crippen molar-refractivity contribution in [2.24, 2.45) is 0 Å². The number of methoxy groups -OCH3 is 2. The smallest absolute Gasteiger partial charge is 0.229 e. The van der Waals surface area contributed by atoms with Crippen molar-refractivity contribution in [1.29, 1.82) is 0 Å². The lowest BCUT2D eigenvalue weighted by Gasteiger charge is -2.12. The summed E-state index contributed by atoms with van der Waals surface area (Å²) >= 11 is 6.17. The number of rotatable bonds is 6. The summed E-state index contributed by atoms with van der Waals surface area (Å²) in [5.41, 5.74) is 2.62. The fraction of sp³-hybridized carbons (Fsp3) is 0.158. The van der Waals surface area contributed by atoms with Crippen LogP contribution in [0.5, 0.6) is 11.5 Å². The zero-order valence-electron chi connectivity index (χ0n) is 14.7. The molecule has 0 fully saturated rings. The van der Waals surface area contributed by atoms with Crippen molar-refractivity contribution in [2.75, 3.05) is 24.9 Å². The van der Waals surface area contributed by atoms with Gasteiger partial charge in [-0.1, -0.05) is 17.7 Å². The summed E-state index contributed by atoms with van der Waals surface area (Å²) in [6.07, 6.45) is 1.67. The Bertz CT molecular complexity index is 918. The molecule has 134 valence electrons. The van der Waals surface area contributed by atoms with Gasteiger partial charge in [0.1, 0.15) is 17.3 Å². The highest BCUT2D eigenvalue weighted by molar-refractivity contribution is 6.31. The van der Waals surface area contributed by atoms with Crippen LogP contribution >= 0.6 is 11.6 Å². The summed E-state index contributed by atoms with van der Waals surface area (Å²) in [6.45, 7) is 1.96. The van der Waals surface area contributed by atoms with Crippen molar-refractivity contribution in [2.45, 2.75) is 6.92 Å². The second-order valence-corrected chi connectivity index (χ2v) is 5.95. The molecule has 0 spiro atoms. The minimum atomic E-state index is 0.441. The van der Waals surface area contributed by atoms with E-state index in [1.807, 2.05) is 37.3 Å². The van der Waals surface area contributed by atoms with E-state index in [4.69, 9.17) is 21.1 Å². The molecule has 0 radical (unpaired) electrons. The van der Waals surface area contributed by atoms with Crippen LogP contribution < -0.4 is 20.1 Å². The predicted octanol–water partition coefficient (Wildman–Crippen LogP) is 4.94. The lowest BCUT2D eigenvalue weighted by atomic mass is 10.2. The molecule has 1 heterocycles. The standard InChI is InChI=1S/C19H19ClN4O2/c1-12-4-5-13(10-15(12)20)22-18-8-9-21-19(24-18)23-16-7-6-14(25-2)11-17(16)26-3/h4-11H,1-3H3,(H2,21,22,23,24). The van der Waals surface area contributed by atoms with Gasteiger partial charge in [-0.2, -0.15) is 4.98 Å². The number of nitrogens with zero attached hydrogens (tertiary/aromatic N) is 2. The van der Waals surface area contributed by atoms with E-state index in [1.165, 1.54) is 0 Å². The second kappa shape index (κ2) is 7.93. The summed E-state index contributed by atoms with van der Waals surface area (Å²) in [6, 6.07) is 13.0. The summed E-state index contributed by atoms with van der Waals surface area (Å²) < 4.78 is 10.6. The van der Waals surface area contributed by atoms with Gasteiger partial charge in [0.25, 0.3) is 0 Å². The maximum atomic E-state index is 6.17. The maximum absolute atomic E-state index is 6.17. The van der Waals surface area contributed by atoms with Gasteiger partial charge in [-0.05, 0) is 42.8 Å². The SMILES string of the molecule is COc1ccc(Nc2nccc(Nc3ccc(C)c(Cl)c3)n2)c(OC)c1. The molecule has 0 saturated heterocycles. The first-order valence-electron chi connectivity index (χ1n) is 7.94. The molecule has 0 atom stereocenters. The van der Waals surface area contributed by atoms with Crippen LogP contribution in [0, 0.1) is 6.92 Å². The number of benzene rings is 2. The number of ether oxygens (including phenoxy) is 2. The van der Waals surface area contributed by atoms with Crippen LogP contribution in [0.25, 0.3) is 0 Å². The van der Waals surface area contributed by atoms with Crippen molar-refractivity contribution in [3.63, 3.8) is 0 Å². The van der Waals surface area contributed by atoms with Gasteiger partial charge in [-0.3, -0.25) is 0 Å². The molecular formula is C19H19ClN4O2. The Balaban J connectivity index is 1.80. The van der Waals surface area contributed by atoms with Crippen LogP contribution in [0.15, 0.2) is 48.7 Å². The summed E-state index contributed by atoms with van der Waals surface area (Å²) in [5, 5.41) is 7.07. The minimum Gasteiger partial charge on any atom is -0.497 e. The number of hydrogen-bond acceptors (Lipinski definition) is 6. The first-order chi connectivity index (χ1) is 12.6. The third-order valence-corrected chi connectivity index (χ3v) is 4.16. The highest BCUT2D eigenvalue weighted by Crippen LogP contribution is 2.31. The molecule has 3 aromatic rings. The van der Waals surface area contributed by atoms with Gasteiger partial charge in [-0.25, -0.2) is 4.98 Å². The Labute approximate surface area is 157 Å². The lowest BCUT2D eigenvalue weighted by molar-refractivity contribution is 0.395. The summed E-state index contributed by atoms with van der Waals surface area (Å²) in [7, 11) is 3.21. The van der Waals surface area contributed by atoms with Gasteiger partial charge in [-0.15, -0.1) is 0 Å². The van der Waals surface area contributed by atoms with Gasteiger partial charge in [0.15, 0.2) is 0 Å². The molecule has 3 rings (SSSR count). The first-order valence-corrected chi connectivity index (χ1v) is 8.32. The molecule has 0 aliphatic carbocycles. The van der Waals surface area contributed by atoms with Gasteiger partial charge in [0.05, 0.1) is 19.9 Å². The van der Waals surface area contributed by atoms with Gasteiger partial charge >= 0.3 is 0 Å². The van der Waals surface area contributed by atoms with E-state index in [0.717, 1.165) is 16.9 Å². The van der Waals surface area contributed by atoms with Gasteiger partial charge < -0.3 is 20.1 Å². The number of aryl methyl sites for hydroxylation is 1. The normalized spacial score (nSPS) is 10.3. The Morgan fingerprint density at radius 1 is 0.962 bits per heavy atom. The molecule has 1 aromatic heterocycles. The van der Waals surface area contributed by atoms with Gasteiger partial charge in [0.2, 0.25) is 5.95 Å². The number of nitrogens with one attached hydrogen (secondary N) is 2. The molecule has 0 saturated carbocycles. The molecule has 0 aliphatic rings. The van der Waals surface area contributed by atoms with Crippen molar-refractivity contribution in [3.8, 4) is 11.5 Å². The summed E-state index contributed by atoms with van der Waals surface area (Å²) in [4.78, 5) is 8.72. The second-order valence-electron chi connectivity index (χ2n) is 5.55. The fourth-order valence-corrected chi connectivity index (χ4v) is 2.51. The van der Waals surface area contributed by atoms with Crippen molar-refractivity contribution in [1.82, 2.24) is 9.97 Å². The Hall–Kier alpha value is -2.99. The molecular weight excluding hydrogens is 352 g/mol. The maximum Gasteiger partial charge on any atom is 0.229 e. The molecule has 26 heavy (non-hydrogen) atoms. The fourth-order valence-electron chi connectivity index (χ4n) is 2.33. The molecule has 0 amide bonds. The monoisotopic (exact) mass is 370 g/mol. The topological polar surface area (TPSA) is 68.3 Å².